The number of hydrogen-bond acceptors (Lipinski definition) is 3. The van der Waals surface area contributed by atoms with Gasteiger partial charge in [0.15, 0.2) is 0 Å². The minimum Gasteiger partial charge on any atom is -0.243 e. The van der Waals surface area contributed by atoms with Crippen molar-refractivity contribution in [2.75, 3.05) is 0 Å². The molecular weight excluding hydrogens is 259 g/mol. The summed E-state index contributed by atoms with van der Waals surface area (Å²) >= 11 is 5.31. The average molecular weight is 262 g/mol. The van der Waals surface area contributed by atoms with Gasteiger partial charge in [-0.25, -0.2) is 22.2 Å². The van der Waals surface area contributed by atoms with Crippen LogP contribution < -0.4 is 0 Å². The molecule has 0 fully saturated rings. The molecule has 1 rings (SSSR count). The van der Waals surface area contributed by atoms with Crippen LogP contribution in [0, 0.1) is 0 Å². The van der Waals surface area contributed by atoms with Crippen molar-refractivity contribution in [1.82, 2.24) is 4.98 Å². The van der Waals surface area contributed by atoms with Crippen molar-refractivity contribution in [3.8, 4) is 0 Å². The van der Waals surface area contributed by atoms with E-state index in [-0.39, 0.29) is 0 Å². The molecule has 0 aromatic carbocycles. The maximum atomic E-state index is 12.2. The normalized spacial score (nSPS) is 12.1. The van der Waals surface area contributed by atoms with Crippen LogP contribution in [-0.4, -0.2) is 13.4 Å². The third kappa shape index (κ3) is 2.52. The second kappa shape index (κ2) is 3.96. The summed E-state index contributed by atoms with van der Waals surface area (Å²) in [4.78, 5) is 2.79. The zero-order valence-corrected chi connectivity index (χ0v) is 8.74. The summed E-state index contributed by atoms with van der Waals surface area (Å²) in [5.74, 6) is 0. The fraction of sp³-hybridized carbons (Fsp3) is 0.167. The van der Waals surface area contributed by atoms with Crippen molar-refractivity contribution in [3.63, 3.8) is 0 Å². The molecular formula is C6H3Cl2F2NO2S. The van der Waals surface area contributed by atoms with Gasteiger partial charge in [-0.3, -0.25) is 0 Å². The lowest BCUT2D eigenvalue weighted by atomic mass is 10.3. The highest BCUT2D eigenvalue weighted by Crippen LogP contribution is 2.28. The Morgan fingerprint density at radius 2 is 2.00 bits per heavy atom. The summed E-state index contributed by atoms with van der Waals surface area (Å²) in [6.07, 6.45) is -2.08. The minimum absolute atomic E-state index is 0.441. The Labute approximate surface area is 88.1 Å². The molecule has 0 unspecified atom stereocenters. The van der Waals surface area contributed by atoms with Crippen molar-refractivity contribution >= 4 is 31.3 Å². The molecule has 0 saturated heterocycles. The van der Waals surface area contributed by atoms with Crippen LogP contribution in [-0.2, 0) is 9.05 Å². The monoisotopic (exact) mass is 261 g/mol. The Balaban J connectivity index is 3.34. The number of alkyl halides is 2. The van der Waals surface area contributed by atoms with Crippen molar-refractivity contribution in [2.45, 2.75) is 11.3 Å². The zero-order valence-electron chi connectivity index (χ0n) is 6.42. The van der Waals surface area contributed by atoms with Crippen LogP contribution in [0.1, 0.15) is 12.0 Å². The highest BCUT2D eigenvalue weighted by molar-refractivity contribution is 8.13. The lowest BCUT2D eigenvalue weighted by molar-refractivity contribution is 0.151. The van der Waals surface area contributed by atoms with E-state index in [4.69, 9.17) is 22.3 Å². The molecule has 0 aliphatic carbocycles. The molecule has 0 spiro atoms. The summed E-state index contributed by atoms with van der Waals surface area (Å²) in [7, 11) is 0.874. The fourth-order valence-corrected chi connectivity index (χ4v) is 1.62. The van der Waals surface area contributed by atoms with Crippen LogP contribution in [0.25, 0.3) is 0 Å². The Kier molecular flexibility index (Phi) is 3.28. The van der Waals surface area contributed by atoms with Gasteiger partial charge in [-0.1, -0.05) is 11.6 Å². The van der Waals surface area contributed by atoms with E-state index in [1.54, 1.807) is 0 Å². The molecule has 0 aliphatic heterocycles. The van der Waals surface area contributed by atoms with Crippen LogP contribution in [0.5, 0.6) is 0 Å². The number of aromatic nitrogens is 1. The van der Waals surface area contributed by atoms with Gasteiger partial charge in [0, 0.05) is 16.9 Å². The lowest BCUT2D eigenvalue weighted by Gasteiger charge is -2.03. The van der Waals surface area contributed by atoms with Gasteiger partial charge in [0.2, 0.25) is 0 Å². The summed E-state index contributed by atoms with van der Waals surface area (Å²) in [5, 5.41) is -0.441. The summed E-state index contributed by atoms with van der Waals surface area (Å²) in [6.45, 7) is 0. The molecule has 0 radical (unpaired) electrons. The highest BCUT2D eigenvalue weighted by Gasteiger charge is 2.18. The van der Waals surface area contributed by atoms with Gasteiger partial charge in [-0.2, -0.15) is 0 Å². The first-order valence-electron chi connectivity index (χ1n) is 3.20. The van der Waals surface area contributed by atoms with Gasteiger partial charge >= 0.3 is 0 Å². The first kappa shape index (κ1) is 11.6. The second-order valence-corrected chi connectivity index (χ2v) is 5.21. The second-order valence-electron chi connectivity index (χ2n) is 2.29. The first-order valence-corrected chi connectivity index (χ1v) is 5.89. The SMILES string of the molecule is O=S(=O)(Cl)c1cnc(Cl)c(C(F)F)c1. The zero-order chi connectivity index (χ0) is 10.9. The average Bonchev–Trinajstić information content (AvgIpc) is 2.02. The van der Waals surface area contributed by atoms with Gasteiger partial charge in [-0.05, 0) is 6.07 Å². The van der Waals surface area contributed by atoms with Crippen LogP contribution in [0.4, 0.5) is 8.78 Å². The number of rotatable bonds is 2. The number of nitrogens with zero attached hydrogens (tertiary/aromatic N) is 1. The molecule has 3 nitrogen and oxygen atoms in total. The predicted molar refractivity (Wildman–Crippen MR) is 47.2 cm³/mol. The molecule has 14 heavy (non-hydrogen) atoms. The molecule has 1 aromatic rings. The largest absolute Gasteiger partial charge is 0.266 e. The van der Waals surface area contributed by atoms with Gasteiger partial charge in [-0.15, -0.1) is 0 Å². The third-order valence-electron chi connectivity index (χ3n) is 1.36. The molecule has 0 aliphatic rings. The summed E-state index contributed by atoms with van der Waals surface area (Å²) < 4.78 is 46.0. The maximum absolute atomic E-state index is 12.2. The Morgan fingerprint density at radius 3 is 2.43 bits per heavy atom. The molecule has 78 valence electrons. The Hall–Kier alpha value is -0.460. The van der Waals surface area contributed by atoms with E-state index in [9.17, 15) is 17.2 Å². The number of pyridine rings is 1. The van der Waals surface area contributed by atoms with E-state index < -0.39 is 31.1 Å². The van der Waals surface area contributed by atoms with Gasteiger partial charge in [0.05, 0.1) is 5.56 Å². The van der Waals surface area contributed by atoms with Crippen molar-refractivity contribution in [3.05, 3.63) is 23.0 Å². The van der Waals surface area contributed by atoms with E-state index in [1.807, 2.05) is 0 Å². The molecule has 0 N–H and O–H groups in total. The molecule has 8 heteroatoms. The lowest BCUT2D eigenvalue weighted by Crippen LogP contribution is -1.96. The molecule has 0 atom stereocenters. The van der Waals surface area contributed by atoms with Gasteiger partial charge in [0.1, 0.15) is 10.0 Å². The van der Waals surface area contributed by atoms with E-state index >= 15 is 0 Å². The minimum atomic E-state index is -4.06. The van der Waals surface area contributed by atoms with Crippen molar-refractivity contribution < 1.29 is 17.2 Å². The van der Waals surface area contributed by atoms with Gasteiger partial charge in [0.25, 0.3) is 15.5 Å². The van der Waals surface area contributed by atoms with Crippen LogP contribution in [0.3, 0.4) is 0 Å². The van der Waals surface area contributed by atoms with Crippen LogP contribution in [0.15, 0.2) is 17.2 Å². The van der Waals surface area contributed by atoms with Crippen molar-refractivity contribution in [2.24, 2.45) is 0 Å². The number of hydrogen-bond donors (Lipinski definition) is 0. The van der Waals surface area contributed by atoms with Crippen LogP contribution >= 0.6 is 22.3 Å². The van der Waals surface area contributed by atoms with E-state index in [0.29, 0.717) is 6.07 Å². The van der Waals surface area contributed by atoms with E-state index in [0.717, 1.165) is 6.20 Å². The first-order chi connectivity index (χ1) is 6.32. The third-order valence-corrected chi connectivity index (χ3v) is 2.99. The molecule has 0 amide bonds. The predicted octanol–water partition coefficient (Wildman–Crippen LogP) is 2.60. The Morgan fingerprint density at radius 1 is 1.43 bits per heavy atom. The van der Waals surface area contributed by atoms with E-state index in [1.165, 1.54) is 0 Å². The summed E-state index contributed by atoms with van der Waals surface area (Å²) in [5.41, 5.74) is -0.659. The maximum Gasteiger partial charge on any atom is 0.266 e. The Bertz CT molecular complexity index is 449. The van der Waals surface area contributed by atoms with Crippen molar-refractivity contribution in [1.29, 1.82) is 0 Å². The molecule has 0 saturated carbocycles. The molecule has 1 aromatic heterocycles. The smallest absolute Gasteiger partial charge is 0.243 e. The molecule has 1 heterocycles. The number of halogens is 4. The van der Waals surface area contributed by atoms with E-state index in [2.05, 4.69) is 4.98 Å². The topological polar surface area (TPSA) is 47.0 Å². The fourth-order valence-electron chi connectivity index (χ4n) is 0.731. The quantitative estimate of drug-likeness (QED) is 0.608. The summed E-state index contributed by atoms with van der Waals surface area (Å²) in [6, 6.07) is 0.697. The highest BCUT2D eigenvalue weighted by atomic mass is 35.7. The van der Waals surface area contributed by atoms with Gasteiger partial charge < -0.3 is 0 Å². The van der Waals surface area contributed by atoms with Crippen LogP contribution in [0.2, 0.25) is 5.15 Å². The molecule has 0 bridgehead atoms. The standard InChI is InChI=1S/C6H3Cl2F2NO2S/c7-5-4(6(9)10)1-3(2-11-5)14(8,12)13/h1-2,6H.